The van der Waals surface area contributed by atoms with Crippen LogP contribution in [0.15, 0.2) is 24.3 Å². The zero-order valence-electron chi connectivity index (χ0n) is 12.1. The molecule has 1 saturated heterocycles. The summed E-state index contributed by atoms with van der Waals surface area (Å²) in [5, 5.41) is 2.53. The molecule has 0 bridgehead atoms. The standard InChI is InChI=1S/C17H21NO2/c1-11-3-5-13(6-4-11)15-16(20)18-14(19)10-17(15)8-7-12(2)9-17/h3-6,12,15H,7-10H2,1-2H3,(H,18,19,20). The smallest absolute Gasteiger partial charge is 0.234 e. The Morgan fingerprint density at radius 3 is 2.50 bits per heavy atom. The number of hydrogen-bond donors (Lipinski definition) is 1. The van der Waals surface area contributed by atoms with Crippen molar-refractivity contribution in [1.82, 2.24) is 5.32 Å². The van der Waals surface area contributed by atoms with Gasteiger partial charge in [-0.3, -0.25) is 14.9 Å². The summed E-state index contributed by atoms with van der Waals surface area (Å²) in [5.74, 6) is 0.207. The maximum Gasteiger partial charge on any atom is 0.234 e. The van der Waals surface area contributed by atoms with Crippen LogP contribution >= 0.6 is 0 Å². The quantitative estimate of drug-likeness (QED) is 0.798. The van der Waals surface area contributed by atoms with Crippen LogP contribution in [0.4, 0.5) is 0 Å². The number of rotatable bonds is 1. The molecular weight excluding hydrogens is 250 g/mol. The number of carbonyl (C=O) groups is 2. The second-order valence-corrected chi connectivity index (χ2v) is 6.64. The summed E-state index contributed by atoms with van der Waals surface area (Å²) in [6.07, 6.45) is 3.56. The number of benzene rings is 1. The van der Waals surface area contributed by atoms with Crippen molar-refractivity contribution < 1.29 is 9.59 Å². The first-order valence-corrected chi connectivity index (χ1v) is 7.40. The van der Waals surface area contributed by atoms with Crippen LogP contribution in [-0.4, -0.2) is 11.8 Å². The maximum absolute atomic E-state index is 12.4. The molecule has 3 heteroatoms. The van der Waals surface area contributed by atoms with E-state index in [1.807, 2.05) is 31.2 Å². The molecule has 1 heterocycles. The summed E-state index contributed by atoms with van der Waals surface area (Å²) in [5.41, 5.74) is 2.08. The highest BCUT2D eigenvalue weighted by Gasteiger charge is 2.51. The fourth-order valence-electron chi connectivity index (χ4n) is 4.07. The van der Waals surface area contributed by atoms with E-state index in [1.54, 1.807) is 0 Å². The Balaban J connectivity index is 2.02. The lowest BCUT2D eigenvalue weighted by atomic mass is 9.65. The van der Waals surface area contributed by atoms with Crippen LogP contribution in [0, 0.1) is 18.3 Å². The molecule has 106 valence electrons. The fraction of sp³-hybridized carbons (Fsp3) is 0.529. The molecule has 0 aromatic heterocycles. The van der Waals surface area contributed by atoms with E-state index in [0.717, 1.165) is 24.8 Å². The number of carbonyl (C=O) groups excluding carboxylic acids is 2. The van der Waals surface area contributed by atoms with Crippen molar-refractivity contribution in [2.75, 3.05) is 0 Å². The molecule has 1 aromatic carbocycles. The maximum atomic E-state index is 12.4. The monoisotopic (exact) mass is 271 g/mol. The van der Waals surface area contributed by atoms with Gasteiger partial charge in [0.25, 0.3) is 0 Å². The van der Waals surface area contributed by atoms with Crippen molar-refractivity contribution >= 4 is 11.8 Å². The molecule has 1 aliphatic carbocycles. The van der Waals surface area contributed by atoms with Crippen LogP contribution in [0.25, 0.3) is 0 Å². The molecule has 3 rings (SSSR count). The highest BCUT2D eigenvalue weighted by molar-refractivity contribution is 6.02. The molecule has 1 saturated carbocycles. The predicted molar refractivity (Wildman–Crippen MR) is 77.1 cm³/mol. The van der Waals surface area contributed by atoms with Gasteiger partial charge in [-0.05, 0) is 36.7 Å². The summed E-state index contributed by atoms with van der Waals surface area (Å²) < 4.78 is 0. The third-order valence-corrected chi connectivity index (χ3v) is 4.95. The predicted octanol–water partition coefficient (Wildman–Crippen LogP) is 2.93. The molecule has 0 radical (unpaired) electrons. The van der Waals surface area contributed by atoms with Gasteiger partial charge in [0.1, 0.15) is 0 Å². The van der Waals surface area contributed by atoms with Gasteiger partial charge in [-0.2, -0.15) is 0 Å². The zero-order valence-corrected chi connectivity index (χ0v) is 12.1. The van der Waals surface area contributed by atoms with Gasteiger partial charge >= 0.3 is 0 Å². The summed E-state index contributed by atoms with van der Waals surface area (Å²) in [6, 6.07) is 8.18. The first-order valence-electron chi connectivity index (χ1n) is 7.40. The van der Waals surface area contributed by atoms with E-state index in [2.05, 4.69) is 12.2 Å². The number of nitrogens with one attached hydrogen (secondary N) is 1. The van der Waals surface area contributed by atoms with Gasteiger partial charge in [-0.15, -0.1) is 0 Å². The summed E-state index contributed by atoms with van der Waals surface area (Å²) in [4.78, 5) is 24.3. The van der Waals surface area contributed by atoms with E-state index in [9.17, 15) is 9.59 Å². The molecule has 2 amide bonds. The van der Waals surface area contributed by atoms with Crippen molar-refractivity contribution in [1.29, 1.82) is 0 Å². The van der Waals surface area contributed by atoms with E-state index >= 15 is 0 Å². The summed E-state index contributed by atoms with van der Waals surface area (Å²) in [6.45, 7) is 4.26. The second kappa shape index (κ2) is 4.72. The molecule has 2 aliphatic rings. The molecule has 3 atom stereocenters. The first-order chi connectivity index (χ1) is 9.50. The topological polar surface area (TPSA) is 46.2 Å². The Bertz CT molecular complexity index is 549. The van der Waals surface area contributed by atoms with Crippen LogP contribution in [0.5, 0.6) is 0 Å². The van der Waals surface area contributed by atoms with Crippen LogP contribution < -0.4 is 5.32 Å². The fourth-order valence-corrected chi connectivity index (χ4v) is 4.07. The molecular formula is C17H21NO2. The van der Waals surface area contributed by atoms with Gasteiger partial charge in [0.2, 0.25) is 11.8 Å². The van der Waals surface area contributed by atoms with Crippen molar-refractivity contribution in [2.45, 2.75) is 45.4 Å². The first kappa shape index (κ1) is 13.3. The molecule has 1 spiro atoms. The third-order valence-electron chi connectivity index (χ3n) is 4.95. The molecule has 3 nitrogen and oxygen atoms in total. The normalized spacial score (nSPS) is 33.5. The minimum absolute atomic E-state index is 0.104. The van der Waals surface area contributed by atoms with E-state index in [4.69, 9.17) is 0 Å². The minimum atomic E-state index is -0.175. The SMILES string of the molecule is Cc1ccc(C2C(=O)NC(=O)CC23CCC(C)C3)cc1. The van der Waals surface area contributed by atoms with Gasteiger partial charge in [-0.1, -0.05) is 43.2 Å². The van der Waals surface area contributed by atoms with Gasteiger partial charge in [0.05, 0.1) is 5.92 Å². The molecule has 20 heavy (non-hydrogen) atoms. The van der Waals surface area contributed by atoms with Crippen molar-refractivity contribution in [3.05, 3.63) is 35.4 Å². The second-order valence-electron chi connectivity index (χ2n) is 6.64. The Morgan fingerprint density at radius 2 is 1.90 bits per heavy atom. The zero-order chi connectivity index (χ0) is 14.3. The number of imide groups is 1. The van der Waals surface area contributed by atoms with Crippen LogP contribution in [0.1, 0.15) is 49.7 Å². The lowest BCUT2D eigenvalue weighted by Gasteiger charge is -2.40. The Hall–Kier alpha value is -1.64. The van der Waals surface area contributed by atoms with Crippen molar-refractivity contribution in [3.63, 3.8) is 0 Å². The average Bonchev–Trinajstić information content (AvgIpc) is 2.72. The molecule has 1 aliphatic heterocycles. The molecule has 1 aromatic rings. The van der Waals surface area contributed by atoms with E-state index in [0.29, 0.717) is 12.3 Å². The van der Waals surface area contributed by atoms with Crippen LogP contribution in [0.2, 0.25) is 0 Å². The van der Waals surface area contributed by atoms with E-state index < -0.39 is 0 Å². The van der Waals surface area contributed by atoms with Gasteiger partial charge < -0.3 is 0 Å². The Labute approximate surface area is 119 Å². The Morgan fingerprint density at radius 1 is 1.20 bits per heavy atom. The average molecular weight is 271 g/mol. The number of piperidine rings is 1. The highest BCUT2D eigenvalue weighted by atomic mass is 16.2. The van der Waals surface area contributed by atoms with Crippen LogP contribution in [-0.2, 0) is 9.59 Å². The summed E-state index contributed by atoms with van der Waals surface area (Å²) >= 11 is 0. The van der Waals surface area contributed by atoms with Gasteiger partial charge in [0, 0.05) is 6.42 Å². The number of amides is 2. The Kier molecular flexibility index (Phi) is 3.15. The van der Waals surface area contributed by atoms with Gasteiger partial charge in [0.15, 0.2) is 0 Å². The third kappa shape index (κ3) is 2.15. The summed E-state index contributed by atoms with van der Waals surface area (Å²) in [7, 11) is 0. The molecule has 2 fully saturated rings. The molecule has 3 unspecified atom stereocenters. The highest BCUT2D eigenvalue weighted by Crippen LogP contribution is 2.54. The minimum Gasteiger partial charge on any atom is -0.296 e. The largest absolute Gasteiger partial charge is 0.296 e. The lowest BCUT2D eigenvalue weighted by Crippen LogP contribution is -2.49. The van der Waals surface area contributed by atoms with Gasteiger partial charge in [-0.25, -0.2) is 0 Å². The number of hydrogen-bond acceptors (Lipinski definition) is 2. The molecule has 1 N–H and O–H groups in total. The van der Waals surface area contributed by atoms with Crippen molar-refractivity contribution in [2.24, 2.45) is 11.3 Å². The van der Waals surface area contributed by atoms with E-state index in [1.165, 1.54) is 5.56 Å². The number of aryl methyl sites for hydroxylation is 1. The van der Waals surface area contributed by atoms with Crippen molar-refractivity contribution in [3.8, 4) is 0 Å². The lowest BCUT2D eigenvalue weighted by molar-refractivity contribution is -0.140. The van der Waals surface area contributed by atoms with E-state index in [-0.39, 0.29) is 23.1 Å². The van der Waals surface area contributed by atoms with Crippen LogP contribution in [0.3, 0.4) is 0 Å².